The van der Waals surface area contributed by atoms with Crippen LogP contribution in [0.3, 0.4) is 0 Å². The lowest BCUT2D eigenvalue weighted by molar-refractivity contribution is -0.131. The number of nitrogens with two attached hydrogens (primary N) is 1. The van der Waals surface area contributed by atoms with Crippen LogP contribution in [0.25, 0.3) is 6.08 Å². The van der Waals surface area contributed by atoms with Crippen LogP contribution in [-0.2, 0) is 4.79 Å². The second-order valence-electron chi connectivity index (χ2n) is 6.35. The summed E-state index contributed by atoms with van der Waals surface area (Å²) in [7, 11) is 0. The largest absolute Gasteiger partial charge is 0.491 e. The molecular formula is C19H28N2O2. The van der Waals surface area contributed by atoms with Crippen molar-refractivity contribution in [1.82, 2.24) is 4.90 Å². The van der Waals surface area contributed by atoms with Crippen molar-refractivity contribution < 1.29 is 9.53 Å². The van der Waals surface area contributed by atoms with Crippen LogP contribution in [0, 0.1) is 0 Å². The Morgan fingerprint density at radius 2 is 2.04 bits per heavy atom. The van der Waals surface area contributed by atoms with E-state index in [2.05, 4.69) is 20.8 Å². The van der Waals surface area contributed by atoms with Gasteiger partial charge in [0.25, 0.3) is 0 Å². The van der Waals surface area contributed by atoms with Crippen molar-refractivity contribution in [3.05, 3.63) is 29.8 Å². The van der Waals surface area contributed by atoms with Crippen molar-refractivity contribution in [2.45, 2.75) is 58.5 Å². The Bertz CT molecular complexity index is 558. The summed E-state index contributed by atoms with van der Waals surface area (Å²) in [5, 5.41) is 0. The Balaban J connectivity index is 2.04. The molecule has 1 fully saturated rings. The van der Waals surface area contributed by atoms with E-state index >= 15 is 0 Å². The Morgan fingerprint density at radius 3 is 2.65 bits per heavy atom. The lowest BCUT2D eigenvalue weighted by Gasteiger charge is -2.38. The monoisotopic (exact) mass is 316 g/mol. The van der Waals surface area contributed by atoms with Gasteiger partial charge in [-0.1, -0.05) is 13.0 Å². The van der Waals surface area contributed by atoms with Crippen molar-refractivity contribution in [2.75, 3.05) is 12.3 Å². The minimum atomic E-state index is 0.0783. The van der Waals surface area contributed by atoms with Gasteiger partial charge >= 0.3 is 0 Å². The Labute approximate surface area is 139 Å². The standard InChI is InChI=1S/C19H28N2O2/c1-4-12-23-18-10-8-16(13-17(18)20)9-11-19(22)21-14(2)6-5-7-15(21)3/h8-11,13-15H,4-7,12,20H2,1-3H3/b11-9-. The van der Waals surface area contributed by atoms with E-state index in [1.165, 1.54) is 6.42 Å². The van der Waals surface area contributed by atoms with Gasteiger partial charge in [0.15, 0.2) is 0 Å². The molecule has 0 bridgehead atoms. The summed E-state index contributed by atoms with van der Waals surface area (Å²) in [4.78, 5) is 14.5. The van der Waals surface area contributed by atoms with Gasteiger partial charge in [0, 0.05) is 18.2 Å². The molecule has 2 rings (SSSR count). The van der Waals surface area contributed by atoms with Crippen LogP contribution in [0.4, 0.5) is 5.69 Å². The molecule has 4 heteroatoms. The second kappa shape index (κ2) is 8.04. The highest BCUT2D eigenvalue weighted by atomic mass is 16.5. The predicted octanol–water partition coefficient (Wildman–Crippen LogP) is 3.86. The summed E-state index contributed by atoms with van der Waals surface area (Å²) in [5.41, 5.74) is 7.52. The quantitative estimate of drug-likeness (QED) is 0.663. The Kier molecular flexibility index (Phi) is 6.08. The molecule has 0 aliphatic carbocycles. The molecule has 1 aliphatic rings. The summed E-state index contributed by atoms with van der Waals surface area (Å²) < 4.78 is 5.57. The average Bonchev–Trinajstić information content (AvgIpc) is 2.52. The van der Waals surface area contributed by atoms with E-state index < -0.39 is 0 Å². The molecule has 1 aromatic rings. The number of hydrogen-bond donors (Lipinski definition) is 1. The number of nitrogen functional groups attached to an aromatic ring is 1. The number of likely N-dealkylation sites (tertiary alicyclic amines) is 1. The molecule has 23 heavy (non-hydrogen) atoms. The number of carbonyl (C=O) groups excluding carboxylic acids is 1. The number of anilines is 1. The second-order valence-corrected chi connectivity index (χ2v) is 6.35. The fraction of sp³-hybridized carbons (Fsp3) is 0.526. The molecule has 0 spiro atoms. The number of nitrogens with zero attached hydrogens (tertiary/aromatic N) is 1. The molecule has 1 heterocycles. The fourth-order valence-corrected chi connectivity index (χ4v) is 3.12. The zero-order chi connectivity index (χ0) is 16.8. The highest BCUT2D eigenvalue weighted by molar-refractivity contribution is 5.92. The first kappa shape index (κ1) is 17.4. The lowest BCUT2D eigenvalue weighted by Crippen LogP contribution is -2.46. The van der Waals surface area contributed by atoms with E-state index in [4.69, 9.17) is 10.5 Å². The first-order valence-corrected chi connectivity index (χ1v) is 8.55. The summed E-state index contributed by atoms with van der Waals surface area (Å²) in [6.45, 7) is 6.96. The number of ether oxygens (including phenoxy) is 1. The normalized spacial score (nSPS) is 21.6. The van der Waals surface area contributed by atoms with E-state index in [9.17, 15) is 4.79 Å². The first-order chi connectivity index (χ1) is 11.0. The molecule has 4 nitrogen and oxygen atoms in total. The van der Waals surface area contributed by atoms with E-state index in [1.807, 2.05) is 29.2 Å². The van der Waals surface area contributed by atoms with Crippen LogP contribution in [-0.4, -0.2) is 29.5 Å². The van der Waals surface area contributed by atoms with E-state index in [0.717, 1.165) is 24.8 Å². The Morgan fingerprint density at radius 1 is 1.35 bits per heavy atom. The smallest absolute Gasteiger partial charge is 0.247 e. The minimum Gasteiger partial charge on any atom is -0.491 e. The number of carbonyl (C=O) groups is 1. The van der Waals surface area contributed by atoms with Crippen LogP contribution in [0.2, 0.25) is 0 Å². The van der Waals surface area contributed by atoms with Crippen LogP contribution in [0.15, 0.2) is 24.3 Å². The molecule has 1 aromatic carbocycles. The third-order valence-corrected chi connectivity index (χ3v) is 4.36. The SMILES string of the molecule is CCCOc1ccc(/C=C\C(=O)N2C(C)CCCC2C)cc1N. The van der Waals surface area contributed by atoms with Crippen molar-refractivity contribution >= 4 is 17.7 Å². The van der Waals surface area contributed by atoms with Gasteiger partial charge in [0.05, 0.1) is 12.3 Å². The van der Waals surface area contributed by atoms with E-state index in [-0.39, 0.29) is 5.91 Å². The topological polar surface area (TPSA) is 55.6 Å². The molecule has 126 valence electrons. The van der Waals surface area contributed by atoms with Gasteiger partial charge in [-0.2, -0.15) is 0 Å². The molecule has 1 saturated heterocycles. The lowest BCUT2D eigenvalue weighted by atomic mass is 9.97. The molecule has 0 radical (unpaired) electrons. The van der Waals surface area contributed by atoms with Gasteiger partial charge in [-0.3, -0.25) is 4.79 Å². The molecule has 1 aliphatic heterocycles. The van der Waals surface area contributed by atoms with Gasteiger partial charge in [0.2, 0.25) is 5.91 Å². The van der Waals surface area contributed by atoms with Crippen LogP contribution < -0.4 is 10.5 Å². The van der Waals surface area contributed by atoms with Gasteiger partial charge in [-0.05, 0) is 63.3 Å². The van der Waals surface area contributed by atoms with Gasteiger partial charge in [-0.15, -0.1) is 0 Å². The number of benzene rings is 1. The van der Waals surface area contributed by atoms with E-state index in [0.29, 0.717) is 30.1 Å². The van der Waals surface area contributed by atoms with Crippen molar-refractivity contribution in [1.29, 1.82) is 0 Å². The highest BCUT2D eigenvalue weighted by Gasteiger charge is 2.27. The summed E-state index contributed by atoms with van der Waals surface area (Å²) in [6.07, 6.45) is 7.80. The number of rotatable bonds is 5. The zero-order valence-electron chi connectivity index (χ0n) is 14.4. The van der Waals surface area contributed by atoms with Crippen molar-refractivity contribution in [2.24, 2.45) is 0 Å². The van der Waals surface area contributed by atoms with Crippen molar-refractivity contribution in [3.8, 4) is 5.75 Å². The van der Waals surface area contributed by atoms with Crippen molar-refractivity contribution in [3.63, 3.8) is 0 Å². The molecule has 0 saturated carbocycles. The summed E-state index contributed by atoms with van der Waals surface area (Å²) >= 11 is 0. The maximum Gasteiger partial charge on any atom is 0.247 e. The van der Waals surface area contributed by atoms with Gasteiger partial charge in [0.1, 0.15) is 5.75 Å². The molecule has 0 aromatic heterocycles. The fourth-order valence-electron chi connectivity index (χ4n) is 3.12. The Hall–Kier alpha value is -1.97. The summed E-state index contributed by atoms with van der Waals surface area (Å²) in [5.74, 6) is 0.781. The number of amides is 1. The van der Waals surface area contributed by atoms with Crippen LogP contribution >= 0.6 is 0 Å². The van der Waals surface area contributed by atoms with Gasteiger partial charge < -0.3 is 15.4 Å². The molecule has 2 atom stereocenters. The first-order valence-electron chi connectivity index (χ1n) is 8.55. The zero-order valence-corrected chi connectivity index (χ0v) is 14.4. The van der Waals surface area contributed by atoms with E-state index in [1.54, 1.807) is 6.08 Å². The molecular weight excluding hydrogens is 288 g/mol. The maximum atomic E-state index is 12.5. The average molecular weight is 316 g/mol. The summed E-state index contributed by atoms with van der Waals surface area (Å²) in [6, 6.07) is 6.25. The third kappa shape index (κ3) is 4.50. The van der Waals surface area contributed by atoms with Gasteiger partial charge in [-0.25, -0.2) is 0 Å². The highest BCUT2D eigenvalue weighted by Crippen LogP contribution is 2.25. The maximum absolute atomic E-state index is 12.5. The van der Waals surface area contributed by atoms with Crippen LogP contribution in [0.5, 0.6) is 5.75 Å². The predicted molar refractivity (Wildman–Crippen MR) is 95.3 cm³/mol. The molecule has 2 N–H and O–H groups in total. The number of piperidine rings is 1. The third-order valence-electron chi connectivity index (χ3n) is 4.36. The molecule has 1 amide bonds. The minimum absolute atomic E-state index is 0.0783. The van der Waals surface area contributed by atoms with Crippen LogP contribution in [0.1, 0.15) is 52.0 Å². The number of hydrogen-bond acceptors (Lipinski definition) is 3. The molecule has 2 unspecified atom stereocenters.